The molecule has 0 amide bonds. The molecule has 0 aliphatic carbocycles. The van der Waals surface area contributed by atoms with Gasteiger partial charge in [0.1, 0.15) is 64.4 Å². The summed E-state index contributed by atoms with van der Waals surface area (Å²) in [5, 5.41) is 11.0. The number of nitrogens with one attached hydrogen (secondary N) is 1. The van der Waals surface area contributed by atoms with Gasteiger partial charge in [-0.3, -0.25) is 14.6 Å². The summed E-state index contributed by atoms with van der Waals surface area (Å²) in [4.78, 5) is 53.2. The lowest BCUT2D eigenvalue weighted by molar-refractivity contribution is -0.119. The normalized spacial score (nSPS) is 14.1. The molecule has 0 radical (unpaired) electrons. The summed E-state index contributed by atoms with van der Waals surface area (Å²) in [5.74, 6) is 3.68. The van der Waals surface area contributed by atoms with Crippen molar-refractivity contribution in [2.45, 2.75) is 70.9 Å². The molecule has 2 unspecified atom stereocenters. The Morgan fingerprint density at radius 1 is 0.812 bits per heavy atom. The van der Waals surface area contributed by atoms with Crippen molar-refractivity contribution in [3.8, 4) is 45.5 Å². The molecule has 1 saturated heterocycles. The van der Waals surface area contributed by atoms with Crippen molar-refractivity contribution < 1.29 is 19.1 Å². The van der Waals surface area contributed by atoms with E-state index in [1.165, 1.54) is 12.4 Å². The Bertz CT molecular complexity index is 3130. The number of aromatic amines is 1. The second-order valence-corrected chi connectivity index (χ2v) is 16.7. The first-order valence-electron chi connectivity index (χ1n) is 23.1. The number of fused-ring (bicyclic) bond motifs is 2. The summed E-state index contributed by atoms with van der Waals surface area (Å²) < 4.78 is 15.4. The van der Waals surface area contributed by atoms with E-state index < -0.39 is 5.69 Å². The molecule has 1 fully saturated rings. The first-order chi connectivity index (χ1) is 33.6. The molecule has 2 atom stereocenters. The predicted molar refractivity (Wildman–Crippen MR) is 269 cm³/mol. The molecule has 69 heavy (non-hydrogen) atoms. The number of nitrogens with two attached hydrogens (primary N) is 2. The van der Waals surface area contributed by atoms with E-state index in [0.717, 1.165) is 72.8 Å². The molecule has 16 heteroatoms. The molecule has 9 rings (SSSR count). The van der Waals surface area contributed by atoms with Crippen LogP contribution in [-0.4, -0.2) is 69.6 Å². The lowest BCUT2D eigenvalue weighted by atomic mass is 10.0. The van der Waals surface area contributed by atoms with Crippen molar-refractivity contribution in [3.63, 3.8) is 0 Å². The van der Waals surface area contributed by atoms with Gasteiger partial charge < -0.3 is 25.8 Å². The number of ketones is 1. The number of H-pyrrole nitrogens is 1. The number of para-hydroxylation sites is 2. The zero-order valence-electron chi connectivity index (χ0n) is 38.7. The number of anilines is 2. The summed E-state index contributed by atoms with van der Waals surface area (Å²) in [5.41, 5.74) is 17.2. The van der Waals surface area contributed by atoms with Crippen LogP contribution < -0.4 is 26.6 Å². The van der Waals surface area contributed by atoms with Crippen LogP contribution >= 0.6 is 0 Å². The second-order valence-electron chi connectivity index (χ2n) is 16.7. The molecule has 0 bridgehead atoms. The highest BCUT2D eigenvalue weighted by molar-refractivity contribution is 5.99. The van der Waals surface area contributed by atoms with E-state index in [-0.39, 0.29) is 23.7 Å². The molecule has 1 aliphatic heterocycles. The fourth-order valence-electron chi connectivity index (χ4n) is 8.43. The number of allylic oxidation sites excluding steroid dienone is 3. The zero-order valence-corrected chi connectivity index (χ0v) is 38.7. The van der Waals surface area contributed by atoms with Crippen molar-refractivity contribution >= 4 is 45.8 Å². The van der Waals surface area contributed by atoms with Gasteiger partial charge in [0, 0.05) is 42.8 Å². The molecular formula is C53H55N11O5. The molecule has 5 heterocycles. The van der Waals surface area contributed by atoms with Gasteiger partial charge in [-0.05, 0) is 111 Å². The van der Waals surface area contributed by atoms with Gasteiger partial charge in [0.2, 0.25) is 0 Å². The molecule has 1 aliphatic rings. The minimum atomic E-state index is -0.477. The van der Waals surface area contributed by atoms with E-state index in [1.54, 1.807) is 10.8 Å². The van der Waals surface area contributed by atoms with Gasteiger partial charge in [0.25, 0.3) is 0 Å². The Hall–Kier alpha value is -8.40. The molecule has 4 aromatic carbocycles. The number of carbonyl (C=O) groups excluding carboxylic acids is 2. The van der Waals surface area contributed by atoms with Crippen LogP contribution in [0.4, 0.5) is 11.6 Å². The maximum absolute atomic E-state index is 12.2. The Labute approximate surface area is 399 Å². The van der Waals surface area contributed by atoms with E-state index >= 15 is 0 Å². The molecule has 4 aromatic heterocycles. The second kappa shape index (κ2) is 21.9. The topological polar surface area (TPSA) is 215 Å². The van der Waals surface area contributed by atoms with Crippen LogP contribution in [-0.2, 0) is 9.59 Å². The number of ether oxygens (including phenoxy) is 2. The summed E-state index contributed by atoms with van der Waals surface area (Å²) in [6.07, 6.45) is 10.3. The standard InChI is InChI=1S/C27H27N5O3.C26H28N6O2/c1-2-7-21(34)14-13-20(8-6-17-33)32-27-24(26(28)29-18-30-27)25(31-32)19-11-15-23(16-12-19)35-22-9-4-3-5-10-22;1-3-17(2)31-15-7-8-19(16-31)32-25-22(24(27)28-26(33)29-25)23(30-32)18-11-13-21(14-12-18)34-20-9-5-4-6-10-20/h3-6,8-12,15-18,20H,2,7,13-14H2,1H3,(H2,28,29,30);4-6,9-14,19H,2-3,7-8,15-16H2,1H3,(H3,27,28,29,33)/b8-6+;. The first-order valence-corrected chi connectivity index (χ1v) is 23.1. The highest BCUT2D eigenvalue weighted by Crippen LogP contribution is 2.37. The monoisotopic (exact) mass is 925 g/mol. The number of benzene rings is 4. The van der Waals surface area contributed by atoms with E-state index in [1.807, 2.05) is 121 Å². The predicted octanol–water partition coefficient (Wildman–Crippen LogP) is 10.0. The van der Waals surface area contributed by atoms with E-state index in [4.69, 9.17) is 31.1 Å². The Morgan fingerprint density at radius 2 is 1.42 bits per heavy atom. The van der Waals surface area contributed by atoms with E-state index in [0.29, 0.717) is 70.6 Å². The minimum Gasteiger partial charge on any atom is -0.457 e. The van der Waals surface area contributed by atoms with Crippen molar-refractivity contribution in [1.82, 2.24) is 44.4 Å². The number of hydrogen-bond donors (Lipinski definition) is 3. The van der Waals surface area contributed by atoms with E-state index in [9.17, 15) is 14.4 Å². The highest BCUT2D eigenvalue weighted by Gasteiger charge is 2.28. The molecule has 0 saturated carbocycles. The van der Waals surface area contributed by atoms with Gasteiger partial charge in [-0.25, -0.2) is 24.1 Å². The van der Waals surface area contributed by atoms with Crippen LogP contribution in [0.3, 0.4) is 0 Å². The van der Waals surface area contributed by atoms with Gasteiger partial charge in [-0.1, -0.05) is 62.9 Å². The van der Waals surface area contributed by atoms with Gasteiger partial charge in [-0.15, -0.1) is 0 Å². The number of piperidine rings is 1. The van der Waals surface area contributed by atoms with Crippen LogP contribution in [0.25, 0.3) is 44.6 Å². The molecule has 352 valence electrons. The molecular weight excluding hydrogens is 871 g/mol. The lowest BCUT2D eigenvalue weighted by Crippen LogP contribution is -2.36. The zero-order chi connectivity index (χ0) is 48.3. The number of likely N-dealkylation sites (tertiary alicyclic amines) is 1. The average Bonchev–Trinajstić information content (AvgIpc) is 3.96. The largest absolute Gasteiger partial charge is 0.457 e. The number of carbonyl (C=O) groups is 2. The summed E-state index contributed by atoms with van der Waals surface area (Å²) in [6.45, 7) is 10.0. The third-order valence-corrected chi connectivity index (χ3v) is 11.9. The fourth-order valence-corrected chi connectivity index (χ4v) is 8.43. The minimum absolute atomic E-state index is 0.0719. The Balaban J connectivity index is 0.000000186. The maximum Gasteiger partial charge on any atom is 0.348 e. The number of rotatable bonds is 17. The smallest absolute Gasteiger partial charge is 0.348 e. The number of aromatic nitrogens is 8. The number of nitrogens with zero attached hydrogens (tertiary/aromatic N) is 8. The number of Topliss-reactive ketones (excluding diaryl/α,β-unsaturated/α-hetero) is 1. The maximum atomic E-state index is 12.2. The van der Waals surface area contributed by atoms with Crippen LogP contribution in [0.15, 0.2) is 145 Å². The van der Waals surface area contributed by atoms with Crippen LogP contribution in [0.5, 0.6) is 23.0 Å². The van der Waals surface area contributed by atoms with Crippen molar-refractivity contribution in [2.75, 3.05) is 24.6 Å². The van der Waals surface area contributed by atoms with Crippen molar-refractivity contribution in [1.29, 1.82) is 0 Å². The molecule has 8 aromatic rings. The number of hydrogen-bond acceptors (Lipinski definition) is 13. The Morgan fingerprint density at radius 3 is 2.01 bits per heavy atom. The first kappa shape index (κ1) is 47.1. The van der Waals surface area contributed by atoms with Gasteiger partial charge in [-0.2, -0.15) is 15.2 Å². The van der Waals surface area contributed by atoms with Crippen molar-refractivity contribution in [2.24, 2.45) is 0 Å². The van der Waals surface area contributed by atoms with E-state index in [2.05, 4.69) is 38.3 Å². The van der Waals surface area contributed by atoms with Crippen LogP contribution in [0, 0.1) is 0 Å². The van der Waals surface area contributed by atoms with Crippen LogP contribution in [0.1, 0.15) is 70.9 Å². The highest BCUT2D eigenvalue weighted by atomic mass is 16.5. The van der Waals surface area contributed by atoms with Gasteiger partial charge in [0.15, 0.2) is 11.3 Å². The summed E-state index contributed by atoms with van der Waals surface area (Å²) in [6, 6.07) is 34.1. The third-order valence-electron chi connectivity index (χ3n) is 11.9. The van der Waals surface area contributed by atoms with Gasteiger partial charge in [0.05, 0.1) is 22.9 Å². The number of aldehydes is 1. The van der Waals surface area contributed by atoms with Gasteiger partial charge >= 0.3 is 5.69 Å². The number of nitrogen functional groups attached to an aromatic ring is 2. The lowest BCUT2D eigenvalue weighted by Gasteiger charge is -2.35. The quantitative estimate of drug-likeness (QED) is 0.0573. The fraction of sp³-hybridized carbons (Fsp3) is 0.245. The summed E-state index contributed by atoms with van der Waals surface area (Å²) >= 11 is 0. The molecule has 5 N–H and O–H groups in total. The molecule has 16 nitrogen and oxygen atoms in total. The van der Waals surface area contributed by atoms with Crippen molar-refractivity contribution in [3.05, 3.63) is 150 Å². The SMILES string of the molecule is C=C(CC)N1CCCC(n2nc(-c3ccc(Oc4ccccc4)cc3)c3c(N)[nH]c(=O)nc32)C1.CCCC(=O)CCC(/C=C/C=O)n1nc(-c2ccc(Oc3ccccc3)cc2)c2c(N)ncnc21. The third kappa shape index (κ3) is 11.1. The van der Waals surface area contributed by atoms with Crippen LogP contribution in [0.2, 0.25) is 0 Å². The summed E-state index contributed by atoms with van der Waals surface area (Å²) in [7, 11) is 0. The Kier molecular flexibility index (Phi) is 15.0. The average molecular weight is 926 g/mol. The molecule has 0 spiro atoms.